The molecule has 3 rings (SSSR count). The second-order valence-electron chi connectivity index (χ2n) is 6.89. The van der Waals surface area contributed by atoms with Gasteiger partial charge in [-0.3, -0.25) is 19.7 Å². The number of halogens is 2. The first kappa shape index (κ1) is 21.1. The number of piperidine rings is 1. The van der Waals surface area contributed by atoms with Crippen molar-refractivity contribution >= 4 is 52.7 Å². The van der Waals surface area contributed by atoms with E-state index in [0.717, 1.165) is 11.1 Å². The lowest BCUT2D eigenvalue weighted by atomic mass is 9.72. The Morgan fingerprint density at radius 3 is 2.48 bits per heavy atom. The summed E-state index contributed by atoms with van der Waals surface area (Å²) in [6, 6.07) is 12.2. The number of imide groups is 1. The Morgan fingerprint density at radius 1 is 1.14 bits per heavy atom. The highest BCUT2D eigenvalue weighted by atomic mass is 35.5. The van der Waals surface area contributed by atoms with Gasteiger partial charge in [-0.1, -0.05) is 48.3 Å². The van der Waals surface area contributed by atoms with Gasteiger partial charge in [0, 0.05) is 18.2 Å². The van der Waals surface area contributed by atoms with Crippen LogP contribution in [0.3, 0.4) is 0 Å². The third kappa shape index (κ3) is 4.69. The maximum atomic E-state index is 12.5. The lowest BCUT2D eigenvalue weighted by molar-refractivity contribution is -0.138. The molecule has 5 nitrogen and oxygen atoms in total. The molecule has 2 N–H and O–H groups in total. The van der Waals surface area contributed by atoms with E-state index in [2.05, 4.69) is 10.6 Å². The van der Waals surface area contributed by atoms with Gasteiger partial charge in [-0.05, 0) is 54.3 Å². The van der Waals surface area contributed by atoms with Crippen molar-refractivity contribution in [3.63, 3.8) is 0 Å². The Kier molecular flexibility index (Phi) is 6.40. The fourth-order valence-corrected chi connectivity index (χ4v) is 3.72. The number of hydrogen-bond acceptors (Lipinski definition) is 3. The number of rotatable bonds is 5. The highest BCUT2D eigenvalue weighted by molar-refractivity contribution is 6.42. The monoisotopic (exact) mass is 430 g/mol. The van der Waals surface area contributed by atoms with Crippen LogP contribution in [-0.2, 0) is 19.8 Å². The van der Waals surface area contributed by atoms with Crippen molar-refractivity contribution in [2.45, 2.75) is 31.6 Å². The zero-order chi connectivity index (χ0) is 21.0. The van der Waals surface area contributed by atoms with E-state index in [1.807, 2.05) is 19.1 Å². The van der Waals surface area contributed by atoms with Crippen LogP contribution in [0.5, 0.6) is 0 Å². The van der Waals surface area contributed by atoms with Crippen molar-refractivity contribution in [1.29, 1.82) is 0 Å². The molecule has 150 valence electrons. The molecule has 1 atom stereocenters. The molecule has 29 heavy (non-hydrogen) atoms. The van der Waals surface area contributed by atoms with E-state index in [9.17, 15) is 14.4 Å². The lowest BCUT2D eigenvalue weighted by Crippen LogP contribution is -2.51. The van der Waals surface area contributed by atoms with Gasteiger partial charge in [0.15, 0.2) is 0 Å². The first-order valence-electron chi connectivity index (χ1n) is 9.23. The smallest absolute Gasteiger partial charge is 0.248 e. The van der Waals surface area contributed by atoms with Crippen molar-refractivity contribution in [1.82, 2.24) is 5.32 Å². The van der Waals surface area contributed by atoms with Gasteiger partial charge in [0.25, 0.3) is 0 Å². The fraction of sp³-hybridized carbons (Fsp3) is 0.227. The largest absolute Gasteiger partial charge is 0.323 e. The van der Waals surface area contributed by atoms with Crippen molar-refractivity contribution in [2.24, 2.45) is 0 Å². The standard InChI is InChI=1S/C22H20Cl2N2O3/c1-2-22(12-11-20(28)26-21(22)29)15-5-7-16(8-6-15)25-19(27)10-4-14-3-9-17(23)18(24)13-14/h3-10,13H,2,11-12H2,1H3,(H,25,27)(H,26,28,29)/b10-4+. The number of hydrogen-bond donors (Lipinski definition) is 2. The zero-order valence-corrected chi connectivity index (χ0v) is 17.3. The van der Waals surface area contributed by atoms with Gasteiger partial charge in [-0.2, -0.15) is 0 Å². The zero-order valence-electron chi connectivity index (χ0n) is 15.8. The summed E-state index contributed by atoms with van der Waals surface area (Å²) in [6.07, 6.45) is 4.43. The summed E-state index contributed by atoms with van der Waals surface area (Å²) in [4.78, 5) is 36.1. The summed E-state index contributed by atoms with van der Waals surface area (Å²) in [7, 11) is 0. The van der Waals surface area contributed by atoms with Crippen LogP contribution in [0.15, 0.2) is 48.5 Å². The normalized spacial score (nSPS) is 19.3. The Hall–Kier alpha value is -2.63. The summed E-state index contributed by atoms with van der Waals surface area (Å²) in [6.45, 7) is 1.93. The summed E-state index contributed by atoms with van der Waals surface area (Å²) in [5, 5.41) is 6.08. The maximum absolute atomic E-state index is 12.5. The highest BCUT2D eigenvalue weighted by Crippen LogP contribution is 2.36. The number of anilines is 1. The van der Waals surface area contributed by atoms with Crippen LogP contribution in [-0.4, -0.2) is 17.7 Å². The summed E-state index contributed by atoms with van der Waals surface area (Å²) < 4.78 is 0. The van der Waals surface area contributed by atoms with Crippen LogP contribution >= 0.6 is 23.2 Å². The fourth-order valence-electron chi connectivity index (χ4n) is 3.41. The number of carbonyl (C=O) groups excluding carboxylic acids is 3. The minimum absolute atomic E-state index is 0.239. The minimum Gasteiger partial charge on any atom is -0.323 e. The Morgan fingerprint density at radius 2 is 1.86 bits per heavy atom. The third-order valence-electron chi connectivity index (χ3n) is 5.15. The molecule has 1 saturated heterocycles. The SMILES string of the molecule is CCC1(c2ccc(NC(=O)/C=C/c3ccc(Cl)c(Cl)c3)cc2)CCC(=O)NC1=O. The molecule has 1 heterocycles. The molecule has 1 fully saturated rings. The van der Waals surface area contributed by atoms with Crippen LogP contribution in [0.4, 0.5) is 5.69 Å². The molecule has 1 aliphatic rings. The molecule has 0 bridgehead atoms. The molecule has 3 amide bonds. The van der Waals surface area contributed by atoms with Crippen LogP contribution in [0.25, 0.3) is 6.08 Å². The highest BCUT2D eigenvalue weighted by Gasteiger charge is 2.42. The number of carbonyl (C=O) groups is 3. The van der Waals surface area contributed by atoms with E-state index in [1.165, 1.54) is 6.08 Å². The van der Waals surface area contributed by atoms with Crippen molar-refractivity contribution in [3.05, 3.63) is 69.7 Å². The molecule has 0 aliphatic carbocycles. The Balaban J connectivity index is 1.69. The second kappa shape index (κ2) is 8.80. The molecule has 7 heteroatoms. The third-order valence-corrected chi connectivity index (χ3v) is 5.88. The maximum Gasteiger partial charge on any atom is 0.248 e. The molecule has 1 aliphatic heterocycles. The van der Waals surface area contributed by atoms with Crippen molar-refractivity contribution in [3.8, 4) is 0 Å². The van der Waals surface area contributed by atoms with Gasteiger partial charge < -0.3 is 5.32 Å². The van der Waals surface area contributed by atoms with Gasteiger partial charge in [-0.25, -0.2) is 0 Å². The lowest BCUT2D eigenvalue weighted by Gasteiger charge is -2.35. The van der Waals surface area contributed by atoms with Gasteiger partial charge in [0.2, 0.25) is 17.7 Å². The van der Waals surface area contributed by atoms with Crippen molar-refractivity contribution in [2.75, 3.05) is 5.32 Å². The minimum atomic E-state index is -0.718. The van der Waals surface area contributed by atoms with Gasteiger partial charge >= 0.3 is 0 Å². The Labute approximate surface area is 179 Å². The average Bonchev–Trinajstić information content (AvgIpc) is 2.70. The molecule has 0 saturated carbocycles. The van der Waals surface area contributed by atoms with E-state index < -0.39 is 5.41 Å². The average molecular weight is 431 g/mol. The van der Waals surface area contributed by atoms with Gasteiger partial charge in [0.05, 0.1) is 15.5 Å². The van der Waals surface area contributed by atoms with Gasteiger partial charge in [0.1, 0.15) is 0 Å². The summed E-state index contributed by atoms with van der Waals surface area (Å²) >= 11 is 11.8. The van der Waals surface area contributed by atoms with Crippen LogP contribution in [0, 0.1) is 0 Å². The Bertz CT molecular complexity index is 986. The topological polar surface area (TPSA) is 75.3 Å². The molecular weight excluding hydrogens is 411 g/mol. The first-order chi connectivity index (χ1) is 13.8. The molecule has 0 radical (unpaired) electrons. The van der Waals surface area contributed by atoms with E-state index in [1.54, 1.807) is 36.4 Å². The molecule has 0 aromatic heterocycles. The number of benzene rings is 2. The molecule has 2 aromatic carbocycles. The van der Waals surface area contributed by atoms with E-state index in [4.69, 9.17) is 23.2 Å². The first-order valence-corrected chi connectivity index (χ1v) is 9.98. The molecule has 0 spiro atoms. The van der Waals surface area contributed by atoms with Crippen LogP contribution in [0.2, 0.25) is 10.0 Å². The predicted molar refractivity (Wildman–Crippen MR) is 115 cm³/mol. The van der Waals surface area contributed by atoms with Crippen molar-refractivity contribution < 1.29 is 14.4 Å². The number of amides is 3. The van der Waals surface area contributed by atoms with E-state index in [-0.39, 0.29) is 17.7 Å². The number of nitrogens with one attached hydrogen (secondary N) is 2. The summed E-state index contributed by atoms with van der Waals surface area (Å²) in [5.74, 6) is -0.802. The van der Waals surface area contributed by atoms with Gasteiger partial charge in [-0.15, -0.1) is 0 Å². The predicted octanol–water partition coefficient (Wildman–Crippen LogP) is 4.73. The molecule has 2 aromatic rings. The quantitative estimate of drug-likeness (QED) is 0.531. The summed E-state index contributed by atoms with van der Waals surface area (Å²) in [5.41, 5.74) is 1.47. The van der Waals surface area contributed by atoms with Crippen LogP contribution in [0.1, 0.15) is 37.3 Å². The second-order valence-corrected chi connectivity index (χ2v) is 7.70. The van der Waals surface area contributed by atoms with E-state index in [0.29, 0.717) is 35.0 Å². The van der Waals surface area contributed by atoms with E-state index >= 15 is 0 Å². The van der Waals surface area contributed by atoms with Crippen LogP contribution < -0.4 is 10.6 Å². The molecular formula is C22H20Cl2N2O3. The molecule has 1 unspecified atom stereocenters.